The Bertz CT molecular complexity index is 498. The van der Waals surface area contributed by atoms with Gasteiger partial charge in [-0.05, 0) is 26.8 Å². The third kappa shape index (κ3) is 2.55. The number of aromatic nitrogens is 4. The number of nitrogens with zero attached hydrogens (tertiary/aromatic N) is 4. The molecule has 1 N–H and O–H groups in total. The Kier molecular flexibility index (Phi) is 3.28. The normalized spacial score (nSPS) is 12.9. The lowest BCUT2D eigenvalue weighted by atomic mass is 10.2. The minimum Gasteiger partial charge on any atom is -0.389 e. The van der Waals surface area contributed by atoms with Crippen molar-refractivity contribution in [3.05, 3.63) is 35.4 Å². The van der Waals surface area contributed by atoms with E-state index in [1.807, 2.05) is 22.5 Å². The van der Waals surface area contributed by atoms with E-state index >= 15 is 0 Å². The van der Waals surface area contributed by atoms with Crippen LogP contribution in [0.4, 0.5) is 0 Å². The van der Waals surface area contributed by atoms with E-state index in [0.29, 0.717) is 6.54 Å². The van der Waals surface area contributed by atoms with Gasteiger partial charge in [-0.2, -0.15) is 10.2 Å². The molecule has 0 fully saturated rings. The van der Waals surface area contributed by atoms with E-state index in [1.54, 1.807) is 13.1 Å². The maximum Gasteiger partial charge on any atom is 0.0828 e. The molecule has 0 aliphatic carbocycles. The molecule has 0 spiro atoms. The largest absolute Gasteiger partial charge is 0.389 e. The van der Waals surface area contributed by atoms with Crippen LogP contribution in [0.1, 0.15) is 36.9 Å². The molecule has 17 heavy (non-hydrogen) atoms. The number of rotatable bonds is 4. The van der Waals surface area contributed by atoms with Crippen LogP contribution in [0.2, 0.25) is 0 Å². The van der Waals surface area contributed by atoms with Crippen molar-refractivity contribution in [3.63, 3.8) is 0 Å². The van der Waals surface area contributed by atoms with Crippen LogP contribution >= 0.6 is 0 Å². The third-order valence-corrected chi connectivity index (χ3v) is 2.74. The topological polar surface area (TPSA) is 55.9 Å². The average molecular weight is 234 g/mol. The zero-order valence-corrected chi connectivity index (χ0v) is 10.5. The summed E-state index contributed by atoms with van der Waals surface area (Å²) in [6.45, 7) is 7.33. The van der Waals surface area contributed by atoms with Crippen molar-refractivity contribution in [3.8, 4) is 0 Å². The molecule has 1 unspecified atom stereocenters. The lowest BCUT2D eigenvalue weighted by Gasteiger charge is -2.04. The molecule has 0 saturated carbocycles. The van der Waals surface area contributed by atoms with Crippen molar-refractivity contribution < 1.29 is 5.11 Å². The fourth-order valence-electron chi connectivity index (χ4n) is 1.85. The van der Waals surface area contributed by atoms with Crippen molar-refractivity contribution in [1.82, 2.24) is 19.6 Å². The maximum absolute atomic E-state index is 9.44. The molecule has 2 aromatic heterocycles. The molecule has 0 aliphatic rings. The molecule has 0 aliphatic heterocycles. The zero-order chi connectivity index (χ0) is 12.4. The lowest BCUT2D eigenvalue weighted by Crippen LogP contribution is -2.08. The summed E-state index contributed by atoms with van der Waals surface area (Å²) in [5.41, 5.74) is 2.99. The third-order valence-electron chi connectivity index (χ3n) is 2.74. The molecule has 0 bridgehead atoms. The van der Waals surface area contributed by atoms with Crippen LogP contribution in [0.25, 0.3) is 0 Å². The van der Waals surface area contributed by atoms with E-state index < -0.39 is 6.10 Å². The lowest BCUT2D eigenvalue weighted by molar-refractivity contribution is 0.199. The average Bonchev–Trinajstić information content (AvgIpc) is 2.86. The molecule has 0 radical (unpaired) electrons. The summed E-state index contributed by atoms with van der Waals surface area (Å²) < 4.78 is 3.80. The van der Waals surface area contributed by atoms with Crippen molar-refractivity contribution in [1.29, 1.82) is 0 Å². The van der Waals surface area contributed by atoms with Gasteiger partial charge in [0, 0.05) is 18.3 Å². The highest BCUT2D eigenvalue weighted by Gasteiger charge is 2.08. The second kappa shape index (κ2) is 4.71. The Labute approximate surface area is 101 Å². The molecule has 1 atom stereocenters. The number of aryl methyl sites for hydroxylation is 2. The summed E-state index contributed by atoms with van der Waals surface area (Å²) in [6.07, 6.45) is 3.10. The van der Waals surface area contributed by atoms with E-state index in [0.717, 1.165) is 23.5 Å². The van der Waals surface area contributed by atoms with Crippen LogP contribution in [0.3, 0.4) is 0 Å². The Hall–Kier alpha value is -1.62. The number of hydrogen-bond acceptors (Lipinski definition) is 3. The predicted octanol–water partition coefficient (Wildman–Crippen LogP) is 1.51. The van der Waals surface area contributed by atoms with Gasteiger partial charge in [0.1, 0.15) is 0 Å². The minimum atomic E-state index is -0.471. The molecule has 2 heterocycles. The molecule has 92 valence electrons. The first kappa shape index (κ1) is 11.9. The van der Waals surface area contributed by atoms with E-state index in [4.69, 9.17) is 0 Å². The van der Waals surface area contributed by atoms with Crippen molar-refractivity contribution in [2.75, 3.05) is 0 Å². The van der Waals surface area contributed by atoms with E-state index in [2.05, 4.69) is 23.2 Å². The fourth-order valence-corrected chi connectivity index (χ4v) is 1.85. The van der Waals surface area contributed by atoms with Crippen LogP contribution in [0, 0.1) is 6.92 Å². The number of hydrogen-bond donors (Lipinski definition) is 1. The summed E-state index contributed by atoms with van der Waals surface area (Å²) in [5.74, 6) is 0. The van der Waals surface area contributed by atoms with Crippen LogP contribution < -0.4 is 0 Å². The molecular formula is C12H18N4O. The highest BCUT2D eigenvalue weighted by Crippen LogP contribution is 2.11. The molecule has 2 rings (SSSR count). The number of aliphatic hydroxyl groups excluding tert-OH is 1. The first-order chi connectivity index (χ1) is 8.10. The Morgan fingerprint density at radius 1 is 1.47 bits per heavy atom. The van der Waals surface area contributed by atoms with E-state index in [9.17, 15) is 5.11 Å². The summed E-state index contributed by atoms with van der Waals surface area (Å²) in [4.78, 5) is 0. The predicted molar refractivity (Wildman–Crippen MR) is 64.6 cm³/mol. The van der Waals surface area contributed by atoms with Crippen LogP contribution in [-0.4, -0.2) is 24.7 Å². The van der Waals surface area contributed by atoms with Gasteiger partial charge in [-0.1, -0.05) is 0 Å². The molecule has 0 aromatic carbocycles. The molecule has 2 aromatic rings. The van der Waals surface area contributed by atoms with Gasteiger partial charge in [0.25, 0.3) is 0 Å². The van der Waals surface area contributed by atoms with Gasteiger partial charge < -0.3 is 5.11 Å². The Balaban J connectivity index is 2.19. The number of aliphatic hydroxyl groups is 1. The highest BCUT2D eigenvalue weighted by atomic mass is 16.3. The first-order valence-corrected chi connectivity index (χ1v) is 5.84. The summed E-state index contributed by atoms with van der Waals surface area (Å²) in [6, 6.07) is 2.06. The van der Waals surface area contributed by atoms with Gasteiger partial charge >= 0.3 is 0 Å². The summed E-state index contributed by atoms with van der Waals surface area (Å²) in [7, 11) is 0. The van der Waals surface area contributed by atoms with E-state index in [-0.39, 0.29) is 0 Å². The van der Waals surface area contributed by atoms with Crippen LogP contribution in [0.15, 0.2) is 18.5 Å². The van der Waals surface area contributed by atoms with E-state index in [1.165, 1.54) is 0 Å². The first-order valence-electron chi connectivity index (χ1n) is 5.84. The second-order valence-corrected chi connectivity index (χ2v) is 4.24. The standard InChI is InChI=1S/C12H18N4O/c1-4-16-12(5-9(2)14-16)8-15-7-11(6-13-15)10(3)17/h5-7,10,17H,4,8H2,1-3H3. The molecule has 5 heteroatoms. The van der Waals surface area contributed by atoms with Gasteiger partial charge in [-0.3, -0.25) is 9.36 Å². The monoisotopic (exact) mass is 234 g/mol. The molecule has 0 amide bonds. The smallest absolute Gasteiger partial charge is 0.0828 e. The molecular weight excluding hydrogens is 216 g/mol. The Morgan fingerprint density at radius 2 is 2.24 bits per heavy atom. The Morgan fingerprint density at radius 3 is 2.82 bits per heavy atom. The molecule has 5 nitrogen and oxygen atoms in total. The zero-order valence-electron chi connectivity index (χ0n) is 10.5. The quantitative estimate of drug-likeness (QED) is 0.872. The summed E-state index contributed by atoms with van der Waals surface area (Å²) >= 11 is 0. The minimum absolute atomic E-state index is 0.471. The fraction of sp³-hybridized carbons (Fsp3) is 0.500. The van der Waals surface area contributed by atoms with Crippen LogP contribution in [-0.2, 0) is 13.1 Å². The summed E-state index contributed by atoms with van der Waals surface area (Å²) in [5, 5.41) is 18.1. The SMILES string of the molecule is CCn1nc(C)cc1Cn1cc(C(C)O)cn1. The van der Waals surface area contributed by atoms with Gasteiger partial charge in [-0.15, -0.1) is 0 Å². The van der Waals surface area contributed by atoms with Crippen molar-refractivity contribution in [2.45, 2.75) is 40.0 Å². The highest BCUT2D eigenvalue weighted by molar-refractivity contribution is 5.11. The van der Waals surface area contributed by atoms with Gasteiger partial charge in [0.15, 0.2) is 0 Å². The van der Waals surface area contributed by atoms with Gasteiger partial charge in [-0.25, -0.2) is 0 Å². The second-order valence-electron chi connectivity index (χ2n) is 4.24. The van der Waals surface area contributed by atoms with Crippen LogP contribution in [0.5, 0.6) is 0 Å². The van der Waals surface area contributed by atoms with Crippen molar-refractivity contribution >= 4 is 0 Å². The van der Waals surface area contributed by atoms with Gasteiger partial charge in [0.2, 0.25) is 0 Å². The molecule has 0 saturated heterocycles. The maximum atomic E-state index is 9.44. The van der Waals surface area contributed by atoms with Gasteiger partial charge in [0.05, 0.1) is 30.2 Å². The van der Waals surface area contributed by atoms with Crippen molar-refractivity contribution in [2.24, 2.45) is 0 Å².